The topological polar surface area (TPSA) is 0 Å². The Balaban J connectivity index is 2.61. The van der Waals surface area contributed by atoms with Gasteiger partial charge < -0.3 is 0 Å². The number of hydrogen-bond acceptors (Lipinski definition) is 0. The third-order valence-electron chi connectivity index (χ3n) is 0.362. The van der Waals surface area contributed by atoms with Gasteiger partial charge in [0.2, 0.25) is 0 Å². The van der Waals surface area contributed by atoms with Crippen LogP contribution in [0.25, 0.3) is 0 Å². The van der Waals surface area contributed by atoms with Crippen LogP contribution >= 0.6 is 0 Å². The van der Waals surface area contributed by atoms with Crippen LogP contribution in [0.5, 0.6) is 0 Å². The van der Waals surface area contributed by atoms with Gasteiger partial charge in [-0.1, -0.05) is 0 Å². The molecule has 0 saturated heterocycles. The number of rotatable bonds is 0. The molecule has 5 heavy (non-hydrogen) atoms. The Labute approximate surface area is 44.6 Å². The Hall–Kier alpha value is 0.727. The van der Waals surface area contributed by atoms with Crippen molar-refractivity contribution in [1.29, 1.82) is 0 Å². The molecule has 1 aliphatic heterocycles. The van der Waals surface area contributed by atoms with E-state index in [0.717, 1.165) is 0 Å². The molecule has 2 heteroatoms. The number of hydrogen-bond donors (Lipinski definition) is 0. The molecule has 1 aliphatic rings. The summed E-state index contributed by atoms with van der Waals surface area (Å²) >= 11 is 0.729. The van der Waals surface area contributed by atoms with Gasteiger partial charge in [0.25, 0.3) is 0 Å². The third-order valence-corrected chi connectivity index (χ3v) is 6.32. The molecule has 0 nitrogen and oxygen atoms in total. The first-order valence-corrected chi connectivity index (χ1v) is 5.64. The van der Waals surface area contributed by atoms with E-state index >= 15 is 0 Å². The van der Waals surface area contributed by atoms with Crippen LogP contribution < -0.4 is 0 Å². The molecular formula is C3H3As2. The van der Waals surface area contributed by atoms with Crippen molar-refractivity contribution in [3.63, 3.8) is 0 Å². The molecule has 1 rings (SSSR count). The Bertz CT molecular complexity index is 63.0. The molecule has 1 heterocycles. The Morgan fingerprint density at radius 2 is 2.80 bits per heavy atom. The molecule has 0 bridgehead atoms. The van der Waals surface area contributed by atoms with E-state index in [1.54, 1.807) is 0 Å². The Morgan fingerprint density at radius 1 is 1.80 bits per heavy atom. The fourth-order valence-corrected chi connectivity index (χ4v) is 5.03. The monoisotopic (exact) mass is 189 g/mol. The predicted molar refractivity (Wildman–Crippen MR) is 27.0 cm³/mol. The molecule has 0 aromatic carbocycles. The first-order valence-electron chi connectivity index (χ1n) is 1.35. The summed E-state index contributed by atoms with van der Waals surface area (Å²) in [4.78, 5) is 4.57. The van der Waals surface area contributed by atoms with Crippen molar-refractivity contribution in [2.75, 3.05) is 0 Å². The summed E-state index contributed by atoms with van der Waals surface area (Å²) in [6.45, 7) is 0. The molecule has 0 N–H and O–H groups in total. The van der Waals surface area contributed by atoms with Crippen LogP contribution in [0.2, 0.25) is 0 Å². The van der Waals surface area contributed by atoms with Gasteiger partial charge in [-0.05, 0) is 0 Å². The van der Waals surface area contributed by atoms with Crippen LogP contribution in [0.15, 0.2) is 9.73 Å². The van der Waals surface area contributed by atoms with Crippen molar-refractivity contribution >= 4 is 34.7 Å². The normalized spacial score (nSPS) is 25.6. The van der Waals surface area contributed by atoms with Crippen molar-refractivity contribution in [1.82, 2.24) is 0 Å². The molecule has 0 aliphatic carbocycles. The van der Waals surface area contributed by atoms with Gasteiger partial charge in [0.15, 0.2) is 0 Å². The van der Waals surface area contributed by atoms with Gasteiger partial charge in [-0.3, -0.25) is 0 Å². The molecule has 0 fully saturated rings. The quantitative estimate of drug-likeness (QED) is 0.439. The maximum absolute atomic E-state index is 3.33. The second kappa shape index (κ2) is 2.00. The van der Waals surface area contributed by atoms with Gasteiger partial charge in [0.1, 0.15) is 0 Å². The summed E-state index contributed by atoms with van der Waals surface area (Å²) in [5.41, 5.74) is 0. The second-order valence-corrected chi connectivity index (χ2v) is 6.08. The molecule has 1 unspecified atom stereocenters. The summed E-state index contributed by atoms with van der Waals surface area (Å²) in [7, 11) is 0. The molecule has 0 aromatic heterocycles. The zero-order valence-corrected chi connectivity index (χ0v) is 6.58. The summed E-state index contributed by atoms with van der Waals surface area (Å²) in [6.07, 6.45) is 0. The van der Waals surface area contributed by atoms with Crippen LogP contribution in [0.3, 0.4) is 0 Å². The van der Waals surface area contributed by atoms with Crippen molar-refractivity contribution in [3.8, 4) is 0 Å². The predicted octanol–water partition coefficient (Wildman–Crippen LogP) is -0.751. The maximum atomic E-state index is 3.33. The van der Waals surface area contributed by atoms with Gasteiger partial charge >= 0.3 is 44.4 Å². The van der Waals surface area contributed by atoms with Crippen molar-refractivity contribution in [2.24, 2.45) is 0 Å². The summed E-state index contributed by atoms with van der Waals surface area (Å²) in [5, 5.41) is 0. The van der Waals surface area contributed by atoms with Gasteiger partial charge in [0, 0.05) is 0 Å². The molecule has 1 radical (unpaired) electrons. The SMILES string of the molecule is [C]1=[As]C=C[AsH]1. The van der Waals surface area contributed by atoms with Gasteiger partial charge in [-0.15, -0.1) is 0 Å². The minimum absolute atomic E-state index is 0.250. The van der Waals surface area contributed by atoms with Gasteiger partial charge in [0.05, 0.1) is 0 Å². The van der Waals surface area contributed by atoms with Crippen molar-refractivity contribution < 1.29 is 0 Å². The zero-order valence-electron chi connectivity index (χ0n) is 2.60. The van der Waals surface area contributed by atoms with Crippen molar-refractivity contribution in [2.45, 2.75) is 0 Å². The zero-order chi connectivity index (χ0) is 3.54. The molecule has 1 atom stereocenters. The minimum atomic E-state index is 0.250. The Morgan fingerprint density at radius 3 is 3.00 bits per heavy atom. The van der Waals surface area contributed by atoms with Crippen LogP contribution in [0, 0.1) is 0 Å². The van der Waals surface area contributed by atoms with Gasteiger partial charge in [-0.2, -0.15) is 0 Å². The molecular weight excluding hydrogens is 186 g/mol. The summed E-state index contributed by atoms with van der Waals surface area (Å²) in [6, 6.07) is 0. The molecule has 0 spiro atoms. The fourth-order valence-electron chi connectivity index (χ4n) is 0.186. The van der Waals surface area contributed by atoms with E-state index in [1.165, 1.54) is 0 Å². The Kier molecular flexibility index (Phi) is 1.56. The van der Waals surface area contributed by atoms with Crippen LogP contribution in [0.1, 0.15) is 0 Å². The average Bonchev–Trinajstić information content (AvgIpc) is 1.76. The van der Waals surface area contributed by atoms with E-state index in [-0.39, 0.29) is 15.8 Å². The van der Waals surface area contributed by atoms with Crippen LogP contribution in [0.4, 0.5) is 0 Å². The van der Waals surface area contributed by atoms with E-state index in [2.05, 4.69) is 13.3 Å². The third kappa shape index (κ3) is 1.07. The van der Waals surface area contributed by atoms with E-state index in [0.29, 0.717) is 15.3 Å². The van der Waals surface area contributed by atoms with Crippen molar-refractivity contribution in [3.05, 3.63) is 9.73 Å². The first-order chi connectivity index (χ1) is 2.50. The van der Waals surface area contributed by atoms with E-state index in [1.807, 2.05) is 0 Å². The molecule has 0 aromatic rings. The van der Waals surface area contributed by atoms with E-state index in [4.69, 9.17) is 0 Å². The summed E-state index contributed by atoms with van der Waals surface area (Å²) in [5.74, 6) is 0. The standard InChI is InChI=1S/C3H3As2/c1-2-5-3-4-1/h1-2,4H. The van der Waals surface area contributed by atoms with Crippen LogP contribution in [-0.2, 0) is 0 Å². The fraction of sp³-hybridized carbons (Fsp3) is 0. The van der Waals surface area contributed by atoms with E-state index in [9.17, 15) is 0 Å². The molecule has 0 amide bonds. The van der Waals surface area contributed by atoms with Gasteiger partial charge in [-0.25, -0.2) is 0 Å². The van der Waals surface area contributed by atoms with E-state index < -0.39 is 0 Å². The molecule has 0 saturated carbocycles. The summed E-state index contributed by atoms with van der Waals surface area (Å²) < 4.78 is 3.33. The molecule has 25 valence electrons. The first kappa shape index (κ1) is 3.90. The van der Waals surface area contributed by atoms with Crippen LogP contribution in [-0.4, -0.2) is 34.7 Å². The average molecular weight is 189 g/mol. The second-order valence-electron chi connectivity index (χ2n) is 0.701.